The van der Waals surface area contributed by atoms with Gasteiger partial charge in [-0.15, -0.1) is 0 Å². The molecule has 0 aromatic carbocycles. The van der Waals surface area contributed by atoms with Gasteiger partial charge in [0.25, 0.3) is 5.91 Å². The molecule has 24 heavy (non-hydrogen) atoms. The van der Waals surface area contributed by atoms with Crippen molar-refractivity contribution in [2.75, 3.05) is 65.3 Å². The molecule has 1 fully saturated rings. The van der Waals surface area contributed by atoms with Crippen molar-refractivity contribution in [3.8, 4) is 0 Å². The number of methoxy groups -OCH3 is 1. The SMILES string of the molecule is COCCNC(=O)c1ccc(NC(C)CN2CCN(C)CC2)nc1. The maximum absolute atomic E-state index is 11.9. The molecule has 1 aliphatic rings. The fraction of sp³-hybridized carbons (Fsp3) is 0.647. The van der Waals surface area contributed by atoms with Crippen LogP contribution in [0.5, 0.6) is 0 Å². The van der Waals surface area contributed by atoms with Crippen molar-refractivity contribution in [2.24, 2.45) is 0 Å². The zero-order valence-electron chi connectivity index (χ0n) is 14.9. The number of hydrogen-bond donors (Lipinski definition) is 2. The topological polar surface area (TPSA) is 69.7 Å². The second-order valence-corrected chi connectivity index (χ2v) is 6.33. The minimum absolute atomic E-state index is 0.128. The number of nitrogens with zero attached hydrogens (tertiary/aromatic N) is 3. The van der Waals surface area contributed by atoms with Gasteiger partial charge in [-0.2, -0.15) is 0 Å². The lowest BCUT2D eigenvalue weighted by atomic mass is 10.2. The predicted molar refractivity (Wildman–Crippen MR) is 95.5 cm³/mol. The number of carbonyl (C=O) groups excluding carboxylic acids is 1. The Balaban J connectivity index is 1.77. The quantitative estimate of drug-likeness (QED) is 0.675. The average molecular weight is 335 g/mol. The van der Waals surface area contributed by atoms with E-state index >= 15 is 0 Å². The number of rotatable bonds is 8. The molecule has 0 aliphatic carbocycles. The highest BCUT2D eigenvalue weighted by Crippen LogP contribution is 2.08. The smallest absolute Gasteiger partial charge is 0.252 e. The molecular formula is C17H29N5O2. The Hall–Kier alpha value is -1.70. The Morgan fingerprint density at radius 3 is 2.71 bits per heavy atom. The van der Waals surface area contributed by atoms with Gasteiger partial charge in [-0.3, -0.25) is 9.69 Å². The summed E-state index contributed by atoms with van der Waals surface area (Å²) in [6.45, 7) is 8.61. The standard InChI is InChI=1S/C17H29N5O2/c1-14(13-22-9-7-21(2)8-10-22)20-16-5-4-15(12-19-16)17(23)18-6-11-24-3/h4-5,12,14H,6-11,13H2,1-3H3,(H,18,23)(H,19,20). The Kier molecular flexibility index (Phi) is 7.42. The fourth-order valence-electron chi connectivity index (χ4n) is 2.70. The number of pyridine rings is 1. The Morgan fingerprint density at radius 2 is 2.08 bits per heavy atom. The highest BCUT2D eigenvalue weighted by molar-refractivity contribution is 5.94. The molecule has 2 N–H and O–H groups in total. The Morgan fingerprint density at radius 1 is 1.33 bits per heavy atom. The maximum Gasteiger partial charge on any atom is 0.252 e. The molecule has 1 atom stereocenters. The van der Waals surface area contributed by atoms with E-state index in [0.29, 0.717) is 24.8 Å². The monoisotopic (exact) mass is 335 g/mol. The first-order chi connectivity index (χ1) is 11.6. The number of carbonyl (C=O) groups is 1. The van der Waals surface area contributed by atoms with Crippen LogP contribution in [0.1, 0.15) is 17.3 Å². The summed E-state index contributed by atoms with van der Waals surface area (Å²) in [7, 11) is 3.77. The number of ether oxygens (including phenoxy) is 1. The van der Waals surface area contributed by atoms with Crippen LogP contribution in [0.15, 0.2) is 18.3 Å². The second kappa shape index (κ2) is 9.56. The molecule has 1 amide bonds. The first-order valence-electron chi connectivity index (χ1n) is 8.49. The molecule has 1 saturated heterocycles. The van der Waals surface area contributed by atoms with Gasteiger partial charge in [0.1, 0.15) is 5.82 Å². The first-order valence-corrected chi connectivity index (χ1v) is 8.49. The lowest BCUT2D eigenvalue weighted by molar-refractivity contribution is 0.0937. The molecular weight excluding hydrogens is 306 g/mol. The molecule has 1 aromatic rings. The molecule has 134 valence electrons. The molecule has 7 nitrogen and oxygen atoms in total. The predicted octanol–water partition coefficient (Wildman–Crippen LogP) is 0.506. The molecule has 2 heterocycles. The van der Waals surface area contributed by atoms with Gasteiger partial charge in [-0.1, -0.05) is 0 Å². The zero-order valence-corrected chi connectivity index (χ0v) is 14.9. The normalized spacial score (nSPS) is 17.5. The first kappa shape index (κ1) is 18.6. The van der Waals surface area contributed by atoms with Gasteiger partial charge in [0, 0.05) is 58.6 Å². The van der Waals surface area contributed by atoms with Crippen molar-refractivity contribution >= 4 is 11.7 Å². The van der Waals surface area contributed by atoms with Gasteiger partial charge in [0.2, 0.25) is 0 Å². The van der Waals surface area contributed by atoms with Crippen LogP contribution in [0.4, 0.5) is 5.82 Å². The second-order valence-electron chi connectivity index (χ2n) is 6.33. The third-order valence-electron chi connectivity index (χ3n) is 4.14. The molecule has 0 spiro atoms. The van der Waals surface area contributed by atoms with Gasteiger partial charge >= 0.3 is 0 Å². The molecule has 0 bridgehead atoms. The van der Waals surface area contributed by atoms with Crippen molar-refractivity contribution in [3.63, 3.8) is 0 Å². The molecule has 1 aliphatic heterocycles. The summed E-state index contributed by atoms with van der Waals surface area (Å²) in [6.07, 6.45) is 1.60. The van der Waals surface area contributed by atoms with Crippen LogP contribution in [-0.4, -0.2) is 86.8 Å². The summed E-state index contributed by atoms with van der Waals surface area (Å²) in [5.74, 6) is 0.668. The van der Waals surface area contributed by atoms with Crippen molar-refractivity contribution in [2.45, 2.75) is 13.0 Å². The highest BCUT2D eigenvalue weighted by atomic mass is 16.5. The Bertz CT molecular complexity index is 500. The van der Waals surface area contributed by atoms with E-state index in [4.69, 9.17) is 4.74 Å². The van der Waals surface area contributed by atoms with E-state index in [-0.39, 0.29) is 5.91 Å². The summed E-state index contributed by atoms with van der Waals surface area (Å²) in [5, 5.41) is 6.18. The van der Waals surface area contributed by atoms with Crippen molar-refractivity contribution in [1.29, 1.82) is 0 Å². The van der Waals surface area contributed by atoms with E-state index in [9.17, 15) is 4.79 Å². The van der Waals surface area contributed by atoms with Crippen molar-refractivity contribution in [3.05, 3.63) is 23.9 Å². The number of likely N-dealkylation sites (N-methyl/N-ethyl adjacent to an activating group) is 1. The number of aromatic nitrogens is 1. The number of anilines is 1. The van der Waals surface area contributed by atoms with Crippen LogP contribution in [0.2, 0.25) is 0 Å². The largest absolute Gasteiger partial charge is 0.383 e. The lowest BCUT2D eigenvalue weighted by Crippen LogP contribution is -2.47. The fourth-order valence-corrected chi connectivity index (χ4v) is 2.70. The third-order valence-corrected chi connectivity index (χ3v) is 4.14. The Labute approximate surface area is 144 Å². The number of amides is 1. The number of nitrogens with one attached hydrogen (secondary N) is 2. The molecule has 1 unspecified atom stereocenters. The van der Waals surface area contributed by atoms with Crippen LogP contribution in [0, 0.1) is 0 Å². The minimum atomic E-state index is -0.128. The van der Waals surface area contributed by atoms with Crippen LogP contribution in [0.25, 0.3) is 0 Å². The van der Waals surface area contributed by atoms with Crippen molar-refractivity contribution in [1.82, 2.24) is 20.1 Å². The van der Waals surface area contributed by atoms with E-state index in [1.807, 2.05) is 6.07 Å². The van der Waals surface area contributed by atoms with E-state index in [1.165, 1.54) is 0 Å². The van der Waals surface area contributed by atoms with E-state index in [2.05, 4.69) is 39.4 Å². The van der Waals surface area contributed by atoms with Gasteiger partial charge in [-0.05, 0) is 26.1 Å². The highest BCUT2D eigenvalue weighted by Gasteiger charge is 2.16. The minimum Gasteiger partial charge on any atom is -0.383 e. The number of piperazine rings is 1. The van der Waals surface area contributed by atoms with Crippen LogP contribution >= 0.6 is 0 Å². The van der Waals surface area contributed by atoms with Gasteiger partial charge < -0.3 is 20.3 Å². The zero-order chi connectivity index (χ0) is 17.4. The van der Waals surface area contributed by atoms with Gasteiger partial charge in [0.15, 0.2) is 0 Å². The summed E-state index contributed by atoms with van der Waals surface area (Å²) >= 11 is 0. The summed E-state index contributed by atoms with van der Waals surface area (Å²) < 4.78 is 4.91. The van der Waals surface area contributed by atoms with Crippen LogP contribution in [-0.2, 0) is 4.74 Å². The van der Waals surface area contributed by atoms with E-state index in [0.717, 1.165) is 38.5 Å². The van der Waals surface area contributed by atoms with Crippen molar-refractivity contribution < 1.29 is 9.53 Å². The number of hydrogen-bond acceptors (Lipinski definition) is 6. The summed E-state index contributed by atoms with van der Waals surface area (Å²) in [4.78, 5) is 21.1. The van der Waals surface area contributed by atoms with Gasteiger partial charge in [-0.25, -0.2) is 4.98 Å². The third kappa shape index (κ3) is 6.07. The maximum atomic E-state index is 11.9. The lowest BCUT2D eigenvalue weighted by Gasteiger charge is -2.34. The summed E-state index contributed by atoms with van der Waals surface area (Å²) in [6, 6.07) is 3.95. The molecule has 0 saturated carbocycles. The molecule has 2 rings (SSSR count). The average Bonchev–Trinajstić information content (AvgIpc) is 2.58. The van der Waals surface area contributed by atoms with E-state index < -0.39 is 0 Å². The molecule has 1 aromatic heterocycles. The van der Waals surface area contributed by atoms with Crippen LogP contribution < -0.4 is 10.6 Å². The molecule has 0 radical (unpaired) electrons. The molecule has 7 heteroatoms. The van der Waals surface area contributed by atoms with E-state index in [1.54, 1.807) is 19.4 Å². The summed E-state index contributed by atoms with van der Waals surface area (Å²) in [5.41, 5.74) is 0.559. The van der Waals surface area contributed by atoms with Gasteiger partial charge in [0.05, 0.1) is 12.2 Å². The van der Waals surface area contributed by atoms with Crippen LogP contribution in [0.3, 0.4) is 0 Å².